The van der Waals surface area contributed by atoms with Crippen molar-refractivity contribution in [3.63, 3.8) is 0 Å². The Morgan fingerprint density at radius 1 is 1.22 bits per heavy atom. The summed E-state index contributed by atoms with van der Waals surface area (Å²) in [5, 5.41) is 12.0. The molecule has 1 heterocycles. The highest BCUT2D eigenvalue weighted by molar-refractivity contribution is 6.06. The van der Waals surface area contributed by atoms with E-state index in [1.54, 1.807) is 13.0 Å². The van der Waals surface area contributed by atoms with Crippen LogP contribution in [-0.4, -0.2) is 35.5 Å². The van der Waals surface area contributed by atoms with E-state index in [0.29, 0.717) is 11.4 Å². The highest BCUT2D eigenvalue weighted by Crippen LogP contribution is 2.35. The topological polar surface area (TPSA) is 95.9 Å². The van der Waals surface area contributed by atoms with Crippen LogP contribution in [-0.2, 0) is 9.59 Å². The lowest BCUT2D eigenvalue weighted by Gasteiger charge is -2.32. The number of fused-ring (bicyclic) bond motifs is 1. The van der Waals surface area contributed by atoms with E-state index >= 15 is 0 Å². The van der Waals surface area contributed by atoms with Crippen molar-refractivity contribution in [1.82, 2.24) is 0 Å². The van der Waals surface area contributed by atoms with Crippen LogP contribution < -0.4 is 15.0 Å². The standard InChI is InChI=1S/C20H20N2O5/c1-11-5-4-6-15(12(11)2)21-18(23)10-22-16-8-7-14(20(25)26)9-17(16)27-13(3)19(22)24/h4-9,13H,10H2,1-3H3,(H,21,23)(H,25,26). The van der Waals surface area contributed by atoms with Gasteiger partial charge >= 0.3 is 5.97 Å². The normalized spacial score (nSPS) is 15.7. The summed E-state index contributed by atoms with van der Waals surface area (Å²) >= 11 is 0. The molecule has 0 saturated carbocycles. The van der Waals surface area contributed by atoms with Gasteiger partial charge in [-0.2, -0.15) is 0 Å². The zero-order chi connectivity index (χ0) is 19.7. The van der Waals surface area contributed by atoms with Crippen molar-refractivity contribution >= 4 is 29.2 Å². The Morgan fingerprint density at radius 2 is 1.96 bits per heavy atom. The third-order valence-electron chi connectivity index (χ3n) is 4.60. The number of hydrogen-bond acceptors (Lipinski definition) is 4. The van der Waals surface area contributed by atoms with Crippen molar-refractivity contribution < 1.29 is 24.2 Å². The number of carbonyl (C=O) groups is 3. The molecular formula is C20H20N2O5. The van der Waals surface area contributed by atoms with E-state index < -0.39 is 12.1 Å². The molecule has 1 atom stereocenters. The molecule has 2 N–H and O–H groups in total. The zero-order valence-electron chi connectivity index (χ0n) is 15.3. The van der Waals surface area contributed by atoms with Gasteiger partial charge in [-0.3, -0.25) is 14.5 Å². The third kappa shape index (κ3) is 3.62. The lowest BCUT2D eigenvalue weighted by Crippen LogP contribution is -2.47. The molecule has 0 saturated heterocycles. The van der Waals surface area contributed by atoms with Crippen LogP contribution in [0, 0.1) is 13.8 Å². The minimum atomic E-state index is -1.09. The van der Waals surface area contributed by atoms with E-state index in [9.17, 15) is 14.4 Å². The molecule has 27 heavy (non-hydrogen) atoms. The van der Waals surface area contributed by atoms with Gasteiger partial charge in [0, 0.05) is 5.69 Å². The first-order valence-corrected chi connectivity index (χ1v) is 8.49. The van der Waals surface area contributed by atoms with Crippen LogP contribution in [0.5, 0.6) is 5.75 Å². The smallest absolute Gasteiger partial charge is 0.335 e. The average Bonchev–Trinajstić information content (AvgIpc) is 2.62. The monoisotopic (exact) mass is 368 g/mol. The van der Waals surface area contributed by atoms with Crippen LogP contribution in [0.2, 0.25) is 0 Å². The maximum atomic E-state index is 12.5. The fourth-order valence-electron chi connectivity index (χ4n) is 2.93. The van der Waals surface area contributed by atoms with Crippen molar-refractivity contribution in [3.05, 3.63) is 53.1 Å². The summed E-state index contributed by atoms with van der Waals surface area (Å²) in [5.74, 6) is -1.53. The van der Waals surface area contributed by atoms with Crippen molar-refractivity contribution in [3.8, 4) is 5.75 Å². The van der Waals surface area contributed by atoms with Gasteiger partial charge in [0.25, 0.3) is 5.91 Å². The quantitative estimate of drug-likeness (QED) is 0.865. The summed E-state index contributed by atoms with van der Waals surface area (Å²) in [6, 6.07) is 9.82. The Labute approximate surface area is 156 Å². The fraction of sp³-hybridized carbons (Fsp3) is 0.250. The number of ether oxygens (including phenoxy) is 1. The number of carboxylic acid groups (broad SMARTS) is 1. The fourth-order valence-corrected chi connectivity index (χ4v) is 2.93. The van der Waals surface area contributed by atoms with E-state index in [1.165, 1.54) is 23.1 Å². The van der Waals surface area contributed by atoms with Crippen LogP contribution in [0.15, 0.2) is 36.4 Å². The third-order valence-corrected chi connectivity index (χ3v) is 4.60. The lowest BCUT2D eigenvalue weighted by atomic mass is 10.1. The molecule has 0 aromatic heterocycles. The van der Waals surface area contributed by atoms with E-state index in [2.05, 4.69) is 5.32 Å². The van der Waals surface area contributed by atoms with Gasteiger partial charge in [-0.1, -0.05) is 12.1 Å². The van der Waals surface area contributed by atoms with Gasteiger partial charge in [0.2, 0.25) is 5.91 Å². The first kappa shape index (κ1) is 18.4. The number of aryl methyl sites for hydroxylation is 1. The van der Waals surface area contributed by atoms with Crippen LogP contribution >= 0.6 is 0 Å². The maximum absolute atomic E-state index is 12.5. The molecule has 2 aromatic carbocycles. The minimum absolute atomic E-state index is 0.0510. The summed E-state index contributed by atoms with van der Waals surface area (Å²) in [6.45, 7) is 5.23. The van der Waals surface area contributed by atoms with Crippen molar-refractivity contribution in [2.75, 3.05) is 16.8 Å². The molecule has 7 heteroatoms. The van der Waals surface area contributed by atoms with Gasteiger partial charge in [-0.25, -0.2) is 4.79 Å². The molecule has 0 fully saturated rings. The Morgan fingerprint density at radius 3 is 2.67 bits per heavy atom. The average molecular weight is 368 g/mol. The number of aromatic carboxylic acids is 1. The Bertz CT molecular complexity index is 938. The lowest BCUT2D eigenvalue weighted by molar-refractivity contribution is -0.127. The summed E-state index contributed by atoms with van der Waals surface area (Å²) < 4.78 is 5.51. The highest BCUT2D eigenvalue weighted by Gasteiger charge is 2.33. The van der Waals surface area contributed by atoms with Crippen molar-refractivity contribution in [1.29, 1.82) is 0 Å². The number of nitrogens with one attached hydrogen (secondary N) is 1. The van der Waals surface area contributed by atoms with Crippen LogP contribution in [0.25, 0.3) is 0 Å². The van der Waals surface area contributed by atoms with Crippen LogP contribution in [0.4, 0.5) is 11.4 Å². The van der Waals surface area contributed by atoms with Gasteiger partial charge in [0.1, 0.15) is 12.3 Å². The van der Waals surface area contributed by atoms with Crippen molar-refractivity contribution in [2.24, 2.45) is 0 Å². The number of amides is 2. The molecular weight excluding hydrogens is 348 g/mol. The molecule has 2 aromatic rings. The summed E-state index contributed by atoms with van der Waals surface area (Å²) in [4.78, 5) is 37.5. The Kier molecular flexibility index (Phi) is 4.85. The SMILES string of the molecule is Cc1cccc(NC(=O)CN2C(=O)C(C)Oc3cc(C(=O)O)ccc32)c1C. The highest BCUT2D eigenvalue weighted by atomic mass is 16.5. The molecule has 140 valence electrons. The molecule has 2 amide bonds. The number of rotatable bonds is 4. The number of carbonyl (C=O) groups excluding carboxylic acids is 2. The second-order valence-electron chi connectivity index (χ2n) is 6.47. The number of carboxylic acids is 1. The Hall–Kier alpha value is -3.35. The molecule has 7 nitrogen and oxygen atoms in total. The summed E-state index contributed by atoms with van der Waals surface area (Å²) in [7, 11) is 0. The van der Waals surface area contributed by atoms with E-state index in [1.807, 2.05) is 26.0 Å². The Balaban J connectivity index is 1.85. The number of nitrogens with zero attached hydrogens (tertiary/aromatic N) is 1. The predicted octanol–water partition coefficient (Wildman–Crippen LogP) is 2.75. The second kappa shape index (κ2) is 7.11. The molecule has 1 aliphatic heterocycles. The minimum Gasteiger partial charge on any atom is -0.479 e. The second-order valence-corrected chi connectivity index (χ2v) is 6.47. The van der Waals surface area contributed by atoms with Gasteiger partial charge in [-0.05, 0) is 56.2 Å². The summed E-state index contributed by atoms with van der Waals surface area (Å²) in [5.41, 5.74) is 3.12. The molecule has 1 unspecified atom stereocenters. The van der Waals surface area contributed by atoms with Crippen LogP contribution in [0.3, 0.4) is 0 Å². The van der Waals surface area contributed by atoms with Gasteiger partial charge in [-0.15, -0.1) is 0 Å². The molecule has 0 radical (unpaired) electrons. The van der Waals surface area contributed by atoms with Crippen LogP contribution in [0.1, 0.15) is 28.4 Å². The maximum Gasteiger partial charge on any atom is 0.335 e. The van der Waals surface area contributed by atoms with Crippen molar-refractivity contribution in [2.45, 2.75) is 26.9 Å². The molecule has 0 aliphatic carbocycles. The molecule has 3 rings (SSSR count). The predicted molar refractivity (Wildman–Crippen MR) is 100 cm³/mol. The zero-order valence-corrected chi connectivity index (χ0v) is 15.3. The number of hydrogen-bond donors (Lipinski definition) is 2. The van der Waals surface area contributed by atoms with E-state index in [-0.39, 0.29) is 29.7 Å². The number of benzene rings is 2. The van der Waals surface area contributed by atoms with E-state index in [0.717, 1.165) is 11.1 Å². The van der Waals surface area contributed by atoms with E-state index in [4.69, 9.17) is 9.84 Å². The number of anilines is 2. The van der Waals surface area contributed by atoms with Gasteiger partial charge in [0.05, 0.1) is 11.3 Å². The summed E-state index contributed by atoms with van der Waals surface area (Å²) in [6.07, 6.45) is -0.810. The molecule has 1 aliphatic rings. The first-order valence-electron chi connectivity index (χ1n) is 8.49. The molecule has 0 bridgehead atoms. The molecule has 0 spiro atoms. The largest absolute Gasteiger partial charge is 0.479 e. The van der Waals surface area contributed by atoms with Gasteiger partial charge in [0.15, 0.2) is 6.10 Å². The van der Waals surface area contributed by atoms with Gasteiger partial charge < -0.3 is 15.2 Å². The first-order chi connectivity index (χ1) is 12.8.